The fourth-order valence-electron chi connectivity index (χ4n) is 2.85. The van der Waals surface area contributed by atoms with Crippen LogP contribution >= 0.6 is 0 Å². The van der Waals surface area contributed by atoms with Crippen molar-refractivity contribution in [1.82, 2.24) is 5.32 Å². The van der Waals surface area contributed by atoms with Crippen molar-refractivity contribution in [2.75, 3.05) is 11.1 Å². The van der Waals surface area contributed by atoms with Crippen LogP contribution in [-0.2, 0) is 21.2 Å². The Kier molecular flexibility index (Phi) is 6.64. The molecule has 0 aliphatic carbocycles. The molecule has 30 heavy (non-hydrogen) atoms. The molecule has 0 aliphatic rings. The zero-order valence-corrected chi connectivity index (χ0v) is 17.3. The molecular formula is C23H22N2O4S. The van der Waals surface area contributed by atoms with E-state index in [-0.39, 0.29) is 22.1 Å². The Hall–Kier alpha value is -3.45. The predicted molar refractivity (Wildman–Crippen MR) is 116 cm³/mol. The van der Waals surface area contributed by atoms with E-state index in [2.05, 4.69) is 10.6 Å². The lowest BCUT2D eigenvalue weighted by Crippen LogP contribution is -2.27. The summed E-state index contributed by atoms with van der Waals surface area (Å²) in [5, 5.41) is 5.35. The first kappa shape index (κ1) is 21.3. The Morgan fingerprint density at radius 1 is 0.833 bits per heavy atom. The fraction of sp³-hybridized carbons (Fsp3) is 0.130. The van der Waals surface area contributed by atoms with Crippen molar-refractivity contribution >= 4 is 27.3 Å². The number of carbonyl (C=O) groups is 2. The van der Waals surface area contributed by atoms with E-state index in [0.717, 1.165) is 11.1 Å². The summed E-state index contributed by atoms with van der Waals surface area (Å²) < 4.78 is 25.0. The lowest BCUT2D eigenvalue weighted by molar-refractivity contribution is -0.113. The second-order valence-electron chi connectivity index (χ2n) is 6.83. The maximum Gasteiger partial charge on any atom is 0.253 e. The number of para-hydroxylation sites is 1. The first-order chi connectivity index (χ1) is 14.3. The Morgan fingerprint density at radius 3 is 2.17 bits per heavy atom. The van der Waals surface area contributed by atoms with Crippen LogP contribution in [0.1, 0.15) is 21.5 Å². The Labute approximate surface area is 175 Å². The van der Waals surface area contributed by atoms with Gasteiger partial charge in [0.1, 0.15) is 5.75 Å². The average Bonchev–Trinajstić information content (AvgIpc) is 2.73. The number of amides is 2. The number of hydrogen-bond acceptors (Lipinski definition) is 4. The monoisotopic (exact) mass is 422 g/mol. The summed E-state index contributed by atoms with van der Waals surface area (Å²) >= 11 is 0. The molecule has 2 amide bonds. The highest BCUT2D eigenvalue weighted by molar-refractivity contribution is 7.92. The van der Waals surface area contributed by atoms with E-state index < -0.39 is 21.5 Å². The zero-order chi connectivity index (χ0) is 21.6. The number of nitrogens with one attached hydrogen (secondary N) is 2. The third-order valence-electron chi connectivity index (χ3n) is 4.44. The van der Waals surface area contributed by atoms with Gasteiger partial charge in [-0.05, 0) is 36.8 Å². The summed E-state index contributed by atoms with van der Waals surface area (Å²) in [6.45, 7) is 2.19. The molecule has 0 aliphatic heterocycles. The summed E-state index contributed by atoms with van der Waals surface area (Å²) in [6.07, 6.45) is 0. The maximum absolute atomic E-state index is 12.6. The van der Waals surface area contributed by atoms with Crippen LogP contribution in [0.15, 0.2) is 83.8 Å². The van der Waals surface area contributed by atoms with Crippen LogP contribution in [0.5, 0.6) is 0 Å². The molecule has 0 unspecified atom stereocenters. The molecule has 0 atom stereocenters. The summed E-state index contributed by atoms with van der Waals surface area (Å²) in [4.78, 5) is 25.1. The van der Waals surface area contributed by atoms with Crippen LogP contribution in [0.2, 0.25) is 0 Å². The quantitative estimate of drug-likeness (QED) is 0.611. The van der Waals surface area contributed by atoms with Gasteiger partial charge in [-0.15, -0.1) is 0 Å². The second-order valence-corrected chi connectivity index (χ2v) is 8.82. The van der Waals surface area contributed by atoms with E-state index >= 15 is 0 Å². The molecule has 3 aromatic rings. The Bertz CT molecular complexity index is 1140. The van der Waals surface area contributed by atoms with E-state index in [1.54, 1.807) is 36.4 Å². The van der Waals surface area contributed by atoms with Gasteiger partial charge in [0, 0.05) is 6.54 Å². The molecule has 0 fully saturated rings. The molecule has 6 nitrogen and oxygen atoms in total. The van der Waals surface area contributed by atoms with E-state index in [1.165, 1.54) is 12.1 Å². The van der Waals surface area contributed by atoms with Crippen LogP contribution in [0.4, 0.5) is 5.69 Å². The predicted octanol–water partition coefficient (Wildman–Crippen LogP) is 3.34. The van der Waals surface area contributed by atoms with Gasteiger partial charge in [-0.3, -0.25) is 9.59 Å². The molecule has 0 bridgehead atoms. The normalized spacial score (nSPS) is 11.0. The van der Waals surface area contributed by atoms with Gasteiger partial charge >= 0.3 is 0 Å². The van der Waals surface area contributed by atoms with Crippen molar-refractivity contribution in [2.45, 2.75) is 18.4 Å². The van der Waals surface area contributed by atoms with Gasteiger partial charge in [-0.25, -0.2) is 8.42 Å². The summed E-state index contributed by atoms with van der Waals surface area (Å²) in [6, 6.07) is 22.2. The van der Waals surface area contributed by atoms with Crippen LogP contribution in [0.25, 0.3) is 0 Å². The van der Waals surface area contributed by atoms with Gasteiger partial charge in [0.2, 0.25) is 5.91 Å². The largest absolute Gasteiger partial charge is 0.348 e. The molecule has 2 N–H and O–H groups in total. The molecule has 0 spiro atoms. The fourth-order valence-corrected chi connectivity index (χ4v) is 3.99. The van der Waals surface area contributed by atoms with Gasteiger partial charge in [0.15, 0.2) is 9.84 Å². The zero-order valence-electron chi connectivity index (χ0n) is 16.5. The van der Waals surface area contributed by atoms with Crippen molar-refractivity contribution < 1.29 is 18.0 Å². The van der Waals surface area contributed by atoms with E-state index in [4.69, 9.17) is 0 Å². The van der Waals surface area contributed by atoms with Crippen LogP contribution in [0.3, 0.4) is 0 Å². The summed E-state index contributed by atoms with van der Waals surface area (Å²) in [5.41, 5.74) is 2.38. The molecule has 0 saturated carbocycles. The molecule has 0 aromatic heterocycles. The topological polar surface area (TPSA) is 92.3 Å². The smallest absolute Gasteiger partial charge is 0.253 e. The molecule has 3 aromatic carbocycles. The van der Waals surface area contributed by atoms with Crippen molar-refractivity contribution in [3.8, 4) is 0 Å². The third-order valence-corrected chi connectivity index (χ3v) is 6.08. The van der Waals surface area contributed by atoms with Crippen molar-refractivity contribution in [2.24, 2.45) is 0 Å². The van der Waals surface area contributed by atoms with Crippen molar-refractivity contribution in [3.63, 3.8) is 0 Å². The number of anilines is 1. The highest BCUT2D eigenvalue weighted by atomic mass is 32.2. The Balaban J connectivity index is 1.68. The number of rotatable bonds is 7. The highest BCUT2D eigenvalue weighted by Gasteiger charge is 2.21. The first-order valence-electron chi connectivity index (χ1n) is 9.35. The number of aryl methyl sites for hydroxylation is 1. The SMILES string of the molecule is Cc1ccc(S(=O)(=O)CC(=O)Nc2ccccc2C(=O)NCc2ccccc2)cc1. The van der Waals surface area contributed by atoms with Gasteiger partial charge in [0.25, 0.3) is 5.91 Å². The van der Waals surface area contributed by atoms with Gasteiger partial charge < -0.3 is 10.6 Å². The van der Waals surface area contributed by atoms with Crippen molar-refractivity contribution in [3.05, 3.63) is 95.6 Å². The number of benzene rings is 3. The van der Waals surface area contributed by atoms with Crippen LogP contribution in [0, 0.1) is 6.92 Å². The standard InChI is InChI=1S/C23H22N2O4S/c1-17-11-13-19(14-12-17)30(28,29)16-22(26)25-21-10-6-5-9-20(21)23(27)24-15-18-7-3-2-4-8-18/h2-14H,15-16H2,1H3,(H,24,27)(H,25,26). The minimum absolute atomic E-state index is 0.0807. The minimum Gasteiger partial charge on any atom is -0.348 e. The molecular weight excluding hydrogens is 400 g/mol. The van der Waals surface area contributed by atoms with E-state index in [9.17, 15) is 18.0 Å². The Morgan fingerprint density at radius 2 is 1.47 bits per heavy atom. The molecule has 3 rings (SSSR count). The van der Waals surface area contributed by atoms with Gasteiger partial charge in [-0.2, -0.15) is 0 Å². The van der Waals surface area contributed by atoms with Crippen LogP contribution in [-0.4, -0.2) is 26.0 Å². The summed E-state index contributed by atoms with van der Waals surface area (Å²) in [5.74, 6) is -1.79. The van der Waals surface area contributed by atoms with Gasteiger partial charge in [0.05, 0.1) is 16.1 Å². The molecule has 0 radical (unpaired) electrons. The lowest BCUT2D eigenvalue weighted by Gasteiger charge is -2.12. The molecule has 7 heteroatoms. The van der Waals surface area contributed by atoms with E-state index in [0.29, 0.717) is 6.54 Å². The second kappa shape index (κ2) is 9.37. The number of hydrogen-bond donors (Lipinski definition) is 2. The van der Waals surface area contributed by atoms with Crippen molar-refractivity contribution in [1.29, 1.82) is 0 Å². The summed E-state index contributed by atoms with van der Waals surface area (Å²) in [7, 11) is -3.79. The van der Waals surface area contributed by atoms with E-state index in [1.807, 2.05) is 37.3 Å². The molecule has 0 heterocycles. The molecule has 0 saturated heterocycles. The minimum atomic E-state index is -3.79. The first-order valence-corrected chi connectivity index (χ1v) is 11.0. The number of sulfone groups is 1. The lowest BCUT2D eigenvalue weighted by atomic mass is 10.1. The third kappa shape index (κ3) is 5.55. The molecule has 154 valence electrons. The van der Waals surface area contributed by atoms with Gasteiger partial charge in [-0.1, -0.05) is 60.2 Å². The maximum atomic E-state index is 12.6. The highest BCUT2D eigenvalue weighted by Crippen LogP contribution is 2.17. The number of carbonyl (C=O) groups excluding carboxylic acids is 2. The average molecular weight is 423 g/mol. The van der Waals surface area contributed by atoms with Crippen LogP contribution < -0.4 is 10.6 Å².